The number of benzene rings is 1. The fraction of sp³-hybridized carbons (Fsp3) is 0.214. The van der Waals surface area contributed by atoms with Crippen LogP contribution in [0.4, 0.5) is 5.69 Å². The molecule has 0 atom stereocenters. The second-order valence-electron chi connectivity index (χ2n) is 4.03. The van der Waals surface area contributed by atoms with E-state index in [-0.39, 0.29) is 18.0 Å². The van der Waals surface area contributed by atoms with Crippen molar-refractivity contribution in [2.75, 3.05) is 19.5 Å². The van der Waals surface area contributed by atoms with Gasteiger partial charge in [-0.05, 0) is 12.1 Å². The van der Waals surface area contributed by atoms with Gasteiger partial charge in [-0.25, -0.2) is 4.98 Å². The zero-order chi connectivity index (χ0) is 15.2. The Kier molecular flexibility index (Phi) is 4.68. The molecule has 0 radical (unpaired) electrons. The van der Waals surface area contributed by atoms with Crippen molar-refractivity contribution in [2.45, 2.75) is 6.61 Å². The predicted molar refractivity (Wildman–Crippen MR) is 75.5 cm³/mol. The molecule has 21 heavy (non-hydrogen) atoms. The molecule has 0 aliphatic rings. The van der Waals surface area contributed by atoms with Crippen molar-refractivity contribution in [1.29, 1.82) is 0 Å². The summed E-state index contributed by atoms with van der Waals surface area (Å²) in [5, 5.41) is 11.8. The SMILES string of the molecule is COc1ccc(NC(=O)c2nccnc2CO)cc1OC. The molecule has 0 fully saturated rings. The van der Waals surface area contributed by atoms with Crippen LogP contribution in [0.5, 0.6) is 11.5 Å². The second-order valence-corrected chi connectivity index (χ2v) is 4.03. The Bertz CT molecular complexity index is 646. The molecule has 0 saturated heterocycles. The number of methoxy groups -OCH3 is 2. The number of hydrogen-bond acceptors (Lipinski definition) is 6. The summed E-state index contributed by atoms with van der Waals surface area (Å²) in [6.07, 6.45) is 2.81. The quantitative estimate of drug-likeness (QED) is 0.860. The zero-order valence-corrected chi connectivity index (χ0v) is 11.7. The number of nitrogens with zero attached hydrogens (tertiary/aromatic N) is 2. The number of anilines is 1. The van der Waals surface area contributed by atoms with Crippen LogP contribution >= 0.6 is 0 Å². The van der Waals surface area contributed by atoms with Gasteiger partial charge in [-0.2, -0.15) is 0 Å². The van der Waals surface area contributed by atoms with E-state index in [1.54, 1.807) is 18.2 Å². The molecule has 1 amide bonds. The molecule has 1 heterocycles. The summed E-state index contributed by atoms with van der Waals surface area (Å²) in [7, 11) is 3.04. The summed E-state index contributed by atoms with van der Waals surface area (Å²) in [4.78, 5) is 20.0. The van der Waals surface area contributed by atoms with Crippen LogP contribution in [0.3, 0.4) is 0 Å². The molecular formula is C14H15N3O4. The average Bonchev–Trinajstić information content (AvgIpc) is 2.54. The molecule has 1 aromatic heterocycles. The maximum absolute atomic E-state index is 12.2. The lowest BCUT2D eigenvalue weighted by Crippen LogP contribution is -2.17. The Morgan fingerprint density at radius 3 is 2.57 bits per heavy atom. The lowest BCUT2D eigenvalue weighted by atomic mass is 10.2. The molecule has 0 aliphatic carbocycles. The summed E-state index contributed by atoms with van der Waals surface area (Å²) >= 11 is 0. The fourth-order valence-electron chi connectivity index (χ4n) is 1.78. The summed E-state index contributed by atoms with van der Waals surface area (Å²) in [6, 6.07) is 4.98. The Labute approximate surface area is 121 Å². The second kappa shape index (κ2) is 6.67. The van der Waals surface area contributed by atoms with Crippen LogP contribution in [0, 0.1) is 0 Å². The maximum atomic E-state index is 12.2. The van der Waals surface area contributed by atoms with Crippen molar-refractivity contribution in [2.24, 2.45) is 0 Å². The molecule has 1 aromatic carbocycles. The first-order valence-corrected chi connectivity index (χ1v) is 6.13. The molecule has 0 saturated carbocycles. The first kappa shape index (κ1) is 14.7. The van der Waals surface area contributed by atoms with Gasteiger partial charge in [0.15, 0.2) is 17.2 Å². The van der Waals surface area contributed by atoms with E-state index < -0.39 is 5.91 Å². The van der Waals surface area contributed by atoms with Crippen LogP contribution in [-0.4, -0.2) is 35.2 Å². The van der Waals surface area contributed by atoms with Gasteiger partial charge in [-0.15, -0.1) is 0 Å². The number of aliphatic hydroxyl groups is 1. The fourth-order valence-corrected chi connectivity index (χ4v) is 1.78. The molecule has 2 N–H and O–H groups in total. The van der Waals surface area contributed by atoms with Crippen LogP contribution in [0.15, 0.2) is 30.6 Å². The van der Waals surface area contributed by atoms with E-state index >= 15 is 0 Å². The molecule has 0 spiro atoms. The molecular weight excluding hydrogens is 274 g/mol. The number of aliphatic hydroxyl groups excluding tert-OH is 1. The van der Waals surface area contributed by atoms with Gasteiger partial charge in [-0.3, -0.25) is 9.78 Å². The zero-order valence-electron chi connectivity index (χ0n) is 11.7. The van der Waals surface area contributed by atoms with Gasteiger partial charge < -0.3 is 19.9 Å². The number of nitrogens with one attached hydrogen (secondary N) is 1. The van der Waals surface area contributed by atoms with Gasteiger partial charge in [-0.1, -0.05) is 0 Å². The minimum atomic E-state index is -0.459. The van der Waals surface area contributed by atoms with Crippen molar-refractivity contribution < 1.29 is 19.4 Å². The van der Waals surface area contributed by atoms with Gasteiger partial charge in [0.25, 0.3) is 5.91 Å². The van der Waals surface area contributed by atoms with Crippen LogP contribution < -0.4 is 14.8 Å². The Balaban J connectivity index is 2.23. The topological polar surface area (TPSA) is 93.6 Å². The highest BCUT2D eigenvalue weighted by atomic mass is 16.5. The number of aromatic nitrogens is 2. The minimum absolute atomic E-state index is 0.0785. The third-order valence-electron chi connectivity index (χ3n) is 2.78. The third-order valence-corrected chi connectivity index (χ3v) is 2.78. The van der Waals surface area contributed by atoms with Crippen LogP contribution in [-0.2, 0) is 6.61 Å². The lowest BCUT2D eigenvalue weighted by Gasteiger charge is -2.11. The molecule has 2 rings (SSSR count). The molecule has 0 unspecified atom stereocenters. The van der Waals surface area contributed by atoms with Crippen LogP contribution in [0.25, 0.3) is 0 Å². The van der Waals surface area contributed by atoms with E-state index in [1.165, 1.54) is 26.6 Å². The number of amides is 1. The van der Waals surface area contributed by atoms with E-state index in [1.807, 2.05) is 0 Å². The molecule has 7 nitrogen and oxygen atoms in total. The molecule has 2 aromatic rings. The van der Waals surface area contributed by atoms with E-state index in [0.29, 0.717) is 17.2 Å². The summed E-state index contributed by atoms with van der Waals surface area (Å²) < 4.78 is 10.3. The van der Waals surface area contributed by atoms with Crippen molar-refractivity contribution in [3.8, 4) is 11.5 Å². The van der Waals surface area contributed by atoms with Crippen LogP contribution in [0.1, 0.15) is 16.2 Å². The van der Waals surface area contributed by atoms with Gasteiger partial charge >= 0.3 is 0 Å². The highest BCUT2D eigenvalue weighted by molar-refractivity contribution is 6.03. The third kappa shape index (κ3) is 3.26. The number of ether oxygens (including phenoxy) is 2. The summed E-state index contributed by atoms with van der Waals surface area (Å²) in [6.45, 7) is -0.359. The van der Waals surface area contributed by atoms with Crippen LogP contribution in [0.2, 0.25) is 0 Å². The smallest absolute Gasteiger partial charge is 0.276 e. The van der Waals surface area contributed by atoms with Gasteiger partial charge in [0, 0.05) is 24.1 Å². The highest BCUT2D eigenvalue weighted by Gasteiger charge is 2.14. The van der Waals surface area contributed by atoms with Gasteiger partial charge in [0.2, 0.25) is 0 Å². The van der Waals surface area contributed by atoms with Crippen molar-refractivity contribution in [3.63, 3.8) is 0 Å². The molecule has 0 aliphatic heterocycles. The van der Waals surface area contributed by atoms with E-state index in [4.69, 9.17) is 14.6 Å². The number of carbonyl (C=O) groups excluding carboxylic acids is 1. The van der Waals surface area contributed by atoms with Gasteiger partial charge in [0.05, 0.1) is 26.5 Å². The van der Waals surface area contributed by atoms with Crippen molar-refractivity contribution >= 4 is 11.6 Å². The standard InChI is InChI=1S/C14H15N3O4/c1-20-11-4-3-9(7-12(11)21-2)17-14(19)13-10(8-18)15-5-6-16-13/h3-7,18H,8H2,1-2H3,(H,17,19). The molecule has 110 valence electrons. The molecule has 0 bridgehead atoms. The monoisotopic (exact) mass is 289 g/mol. The molecule has 7 heteroatoms. The van der Waals surface area contributed by atoms with E-state index in [9.17, 15) is 4.79 Å². The van der Waals surface area contributed by atoms with E-state index in [0.717, 1.165) is 0 Å². The van der Waals surface area contributed by atoms with Crippen molar-refractivity contribution in [1.82, 2.24) is 9.97 Å². The largest absolute Gasteiger partial charge is 0.493 e. The summed E-state index contributed by atoms with van der Waals surface area (Å²) in [5.41, 5.74) is 0.817. The highest BCUT2D eigenvalue weighted by Crippen LogP contribution is 2.29. The van der Waals surface area contributed by atoms with Gasteiger partial charge in [0.1, 0.15) is 0 Å². The first-order valence-electron chi connectivity index (χ1n) is 6.13. The minimum Gasteiger partial charge on any atom is -0.493 e. The number of rotatable bonds is 5. The summed E-state index contributed by atoms with van der Waals surface area (Å²) in [5.74, 6) is 0.599. The van der Waals surface area contributed by atoms with Crippen molar-refractivity contribution in [3.05, 3.63) is 42.0 Å². The Morgan fingerprint density at radius 2 is 1.90 bits per heavy atom. The number of carbonyl (C=O) groups is 1. The lowest BCUT2D eigenvalue weighted by molar-refractivity contribution is 0.101. The normalized spacial score (nSPS) is 10.0. The average molecular weight is 289 g/mol. The maximum Gasteiger partial charge on any atom is 0.276 e. The Hall–Kier alpha value is -2.67. The predicted octanol–water partition coefficient (Wildman–Crippen LogP) is 1.24. The number of hydrogen-bond donors (Lipinski definition) is 2. The van der Waals surface area contributed by atoms with E-state index in [2.05, 4.69) is 15.3 Å². The Morgan fingerprint density at radius 1 is 1.19 bits per heavy atom. The first-order chi connectivity index (χ1) is 10.2.